The Morgan fingerprint density at radius 1 is 1.33 bits per heavy atom. The Morgan fingerprint density at radius 2 is 2.07 bits per heavy atom. The van der Waals surface area contributed by atoms with Gasteiger partial charge in [-0.05, 0) is 12.1 Å². The third-order valence-electron chi connectivity index (χ3n) is 1.78. The molecule has 76 valence electrons. The molecule has 0 aliphatic heterocycles. The molecule has 0 unspecified atom stereocenters. The molecule has 15 heavy (non-hydrogen) atoms. The molecule has 1 heterocycles. The molecule has 1 aromatic heterocycles. The molecule has 0 atom stereocenters. The molecule has 1 N–H and O–H groups in total. The second-order valence-electron chi connectivity index (χ2n) is 2.82. The van der Waals surface area contributed by atoms with Gasteiger partial charge in [0.15, 0.2) is 5.75 Å². The molecule has 0 spiro atoms. The van der Waals surface area contributed by atoms with Crippen molar-refractivity contribution in [2.45, 2.75) is 0 Å². The summed E-state index contributed by atoms with van der Waals surface area (Å²) in [6.45, 7) is 0. The maximum absolute atomic E-state index is 10.3. The highest BCUT2D eigenvalue weighted by Crippen LogP contribution is 2.13. The van der Waals surface area contributed by atoms with Gasteiger partial charge in [-0.1, -0.05) is 18.2 Å². The van der Waals surface area contributed by atoms with Crippen molar-refractivity contribution in [3.8, 4) is 11.4 Å². The van der Waals surface area contributed by atoms with E-state index in [1.807, 2.05) is 30.3 Å². The third-order valence-corrected chi connectivity index (χ3v) is 1.78. The number of benzene rings is 1. The number of carbonyl (C=O) groups is 1. The van der Waals surface area contributed by atoms with Crippen molar-refractivity contribution in [2.75, 3.05) is 0 Å². The van der Waals surface area contributed by atoms with E-state index in [9.17, 15) is 4.79 Å². The molecule has 1 aromatic carbocycles. The van der Waals surface area contributed by atoms with Crippen molar-refractivity contribution in [2.24, 2.45) is 0 Å². The maximum Gasteiger partial charge on any atom is 0.511 e. The fourth-order valence-electron chi connectivity index (χ4n) is 1.18. The minimum absolute atomic E-state index is 0.200. The smallest absolute Gasteiger partial charge is 0.449 e. The minimum atomic E-state index is -1.34. The highest BCUT2D eigenvalue weighted by atomic mass is 16.7. The summed E-state index contributed by atoms with van der Waals surface area (Å²) in [5, 5.41) is 12.4. The van der Waals surface area contributed by atoms with Gasteiger partial charge in [-0.25, -0.2) is 9.48 Å². The number of ether oxygens (including phenoxy) is 1. The lowest BCUT2D eigenvalue weighted by molar-refractivity contribution is 0.144. The molecule has 0 saturated heterocycles. The Bertz CT molecular complexity index is 465. The number of rotatable bonds is 2. The van der Waals surface area contributed by atoms with Gasteiger partial charge >= 0.3 is 6.16 Å². The molecule has 2 aromatic rings. The second kappa shape index (κ2) is 3.83. The van der Waals surface area contributed by atoms with E-state index in [4.69, 9.17) is 5.11 Å². The number of hydrogen-bond acceptors (Lipinski definition) is 3. The van der Waals surface area contributed by atoms with E-state index in [0.29, 0.717) is 0 Å². The molecule has 0 fully saturated rings. The molecule has 0 radical (unpaired) electrons. The number of hydrogen-bond donors (Lipinski definition) is 1. The monoisotopic (exact) mass is 204 g/mol. The number of para-hydroxylation sites is 1. The molecular weight excluding hydrogens is 196 g/mol. The predicted octanol–water partition coefficient (Wildman–Crippen LogP) is 1.93. The second-order valence-corrected chi connectivity index (χ2v) is 2.82. The lowest BCUT2D eigenvalue weighted by Crippen LogP contribution is -2.01. The van der Waals surface area contributed by atoms with Gasteiger partial charge in [-0.3, -0.25) is 0 Å². The summed E-state index contributed by atoms with van der Waals surface area (Å²) < 4.78 is 5.99. The van der Waals surface area contributed by atoms with Gasteiger partial charge in [0.25, 0.3) is 0 Å². The molecule has 0 amide bonds. The van der Waals surface area contributed by atoms with E-state index in [1.165, 1.54) is 17.1 Å². The highest BCUT2D eigenvalue weighted by molar-refractivity contribution is 5.60. The average molecular weight is 204 g/mol. The standard InChI is InChI=1S/C10H8N2O3/c13-10(14)15-9-6-11-12(7-9)8-4-2-1-3-5-8/h1-7H,(H,13,14). The molecule has 5 nitrogen and oxygen atoms in total. The Morgan fingerprint density at radius 3 is 2.73 bits per heavy atom. The first-order valence-electron chi connectivity index (χ1n) is 4.26. The number of carboxylic acid groups (broad SMARTS) is 1. The van der Waals surface area contributed by atoms with Crippen LogP contribution in [-0.2, 0) is 0 Å². The number of nitrogens with zero attached hydrogens (tertiary/aromatic N) is 2. The van der Waals surface area contributed by atoms with Crippen LogP contribution in [0, 0.1) is 0 Å². The fourth-order valence-corrected chi connectivity index (χ4v) is 1.18. The van der Waals surface area contributed by atoms with E-state index < -0.39 is 6.16 Å². The van der Waals surface area contributed by atoms with Gasteiger partial charge in [-0.15, -0.1) is 0 Å². The van der Waals surface area contributed by atoms with Crippen LogP contribution in [0.2, 0.25) is 0 Å². The van der Waals surface area contributed by atoms with Crippen molar-refractivity contribution in [3.05, 3.63) is 42.7 Å². The summed E-state index contributed by atoms with van der Waals surface area (Å²) in [4.78, 5) is 10.3. The van der Waals surface area contributed by atoms with Crippen molar-refractivity contribution in [1.82, 2.24) is 9.78 Å². The Kier molecular flexibility index (Phi) is 2.37. The van der Waals surface area contributed by atoms with Crippen LogP contribution in [0.1, 0.15) is 0 Å². The molecule has 0 aliphatic carbocycles. The zero-order valence-corrected chi connectivity index (χ0v) is 7.70. The Hall–Kier alpha value is -2.30. The van der Waals surface area contributed by atoms with Crippen LogP contribution in [0.25, 0.3) is 5.69 Å². The molecular formula is C10H8N2O3. The normalized spacial score (nSPS) is 9.87. The summed E-state index contributed by atoms with van der Waals surface area (Å²) in [7, 11) is 0. The van der Waals surface area contributed by atoms with Gasteiger partial charge in [0.2, 0.25) is 0 Å². The predicted molar refractivity (Wildman–Crippen MR) is 52.2 cm³/mol. The van der Waals surface area contributed by atoms with Gasteiger partial charge in [0.05, 0.1) is 18.1 Å². The minimum Gasteiger partial charge on any atom is -0.449 e. The molecule has 5 heteroatoms. The van der Waals surface area contributed by atoms with E-state index >= 15 is 0 Å². The first-order chi connectivity index (χ1) is 7.25. The van der Waals surface area contributed by atoms with Crippen LogP contribution in [0.15, 0.2) is 42.7 Å². The van der Waals surface area contributed by atoms with E-state index in [1.54, 1.807) is 0 Å². The lowest BCUT2D eigenvalue weighted by atomic mass is 10.3. The average Bonchev–Trinajstić information content (AvgIpc) is 2.67. The van der Waals surface area contributed by atoms with E-state index in [2.05, 4.69) is 9.84 Å². The van der Waals surface area contributed by atoms with Crippen LogP contribution in [0.4, 0.5) is 4.79 Å². The van der Waals surface area contributed by atoms with Crippen molar-refractivity contribution < 1.29 is 14.6 Å². The third kappa shape index (κ3) is 2.14. The van der Waals surface area contributed by atoms with Crippen LogP contribution in [0.5, 0.6) is 5.75 Å². The van der Waals surface area contributed by atoms with Crippen LogP contribution < -0.4 is 4.74 Å². The summed E-state index contributed by atoms with van der Waals surface area (Å²) in [6, 6.07) is 9.35. The van der Waals surface area contributed by atoms with Gasteiger partial charge in [0, 0.05) is 0 Å². The quantitative estimate of drug-likeness (QED) is 0.759. The van der Waals surface area contributed by atoms with Gasteiger partial charge in [-0.2, -0.15) is 5.10 Å². The molecule has 0 aliphatic rings. The summed E-state index contributed by atoms with van der Waals surface area (Å²) in [5.41, 5.74) is 0.845. The maximum atomic E-state index is 10.3. The summed E-state index contributed by atoms with van der Waals surface area (Å²) in [6.07, 6.45) is 1.51. The van der Waals surface area contributed by atoms with Crippen molar-refractivity contribution in [3.63, 3.8) is 0 Å². The van der Waals surface area contributed by atoms with Crippen LogP contribution in [-0.4, -0.2) is 21.0 Å². The summed E-state index contributed by atoms with van der Waals surface area (Å²) in [5.74, 6) is 0.200. The van der Waals surface area contributed by atoms with Crippen LogP contribution >= 0.6 is 0 Å². The van der Waals surface area contributed by atoms with Gasteiger partial charge < -0.3 is 9.84 Å². The largest absolute Gasteiger partial charge is 0.511 e. The zero-order valence-electron chi connectivity index (χ0n) is 7.70. The van der Waals surface area contributed by atoms with Crippen LogP contribution in [0.3, 0.4) is 0 Å². The molecule has 0 bridgehead atoms. The van der Waals surface area contributed by atoms with E-state index in [0.717, 1.165) is 5.69 Å². The summed E-state index contributed by atoms with van der Waals surface area (Å²) >= 11 is 0. The topological polar surface area (TPSA) is 64.3 Å². The molecule has 0 saturated carbocycles. The fraction of sp³-hybridized carbons (Fsp3) is 0. The van der Waals surface area contributed by atoms with Gasteiger partial charge in [0.1, 0.15) is 0 Å². The van der Waals surface area contributed by atoms with E-state index in [-0.39, 0.29) is 5.75 Å². The zero-order chi connectivity index (χ0) is 10.7. The Labute approximate surface area is 85.5 Å². The highest BCUT2D eigenvalue weighted by Gasteiger charge is 2.04. The van der Waals surface area contributed by atoms with Crippen molar-refractivity contribution in [1.29, 1.82) is 0 Å². The van der Waals surface area contributed by atoms with Crippen molar-refractivity contribution >= 4 is 6.16 Å². The first-order valence-corrected chi connectivity index (χ1v) is 4.26. The Balaban J connectivity index is 2.24. The lowest BCUT2D eigenvalue weighted by Gasteiger charge is -1.98. The first kappa shape index (κ1) is 9.26. The SMILES string of the molecule is O=C(O)Oc1cnn(-c2ccccc2)c1. The molecule has 2 rings (SSSR count). The number of aromatic nitrogens is 2.